The van der Waals surface area contributed by atoms with Gasteiger partial charge in [0.1, 0.15) is 0 Å². The minimum absolute atomic E-state index is 0.0151. The molecular formula is C20H19ClF2O3. The molecule has 0 radical (unpaired) electrons. The number of carbonyl (C=O) groups excluding carboxylic acids is 2. The first-order chi connectivity index (χ1) is 12.3. The van der Waals surface area contributed by atoms with E-state index in [1.54, 1.807) is 48.5 Å². The van der Waals surface area contributed by atoms with Crippen molar-refractivity contribution in [2.75, 3.05) is 6.61 Å². The van der Waals surface area contributed by atoms with E-state index < -0.39 is 18.3 Å². The summed E-state index contributed by atoms with van der Waals surface area (Å²) in [5, 5.41) is 0.418. The molecule has 0 bridgehead atoms. The van der Waals surface area contributed by atoms with E-state index in [0.29, 0.717) is 21.7 Å². The largest absolute Gasteiger partial charge is 0.462 e. The van der Waals surface area contributed by atoms with E-state index in [2.05, 4.69) is 4.74 Å². The summed E-state index contributed by atoms with van der Waals surface area (Å²) >= 11 is 5.99. The molecule has 0 atom stereocenters. The standard InChI is InChI=1S/C20H19ClF2O3/c1-2-26-19(25)20(22,23)12-6-9-15-13-16(21)10-11-17(15)18(24)14-7-4-3-5-8-14/h3-5,7-8,10-11,13H,2,6,9,12H2,1H3. The lowest BCUT2D eigenvalue weighted by atomic mass is 9.95. The Hall–Kier alpha value is -2.27. The van der Waals surface area contributed by atoms with Gasteiger partial charge >= 0.3 is 11.9 Å². The maximum atomic E-state index is 13.7. The highest BCUT2D eigenvalue weighted by molar-refractivity contribution is 6.30. The van der Waals surface area contributed by atoms with Gasteiger partial charge in [-0.05, 0) is 43.5 Å². The van der Waals surface area contributed by atoms with Crippen molar-refractivity contribution in [3.05, 3.63) is 70.2 Å². The van der Waals surface area contributed by atoms with Crippen molar-refractivity contribution in [3.8, 4) is 0 Å². The van der Waals surface area contributed by atoms with Crippen LogP contribution in [0.2, 0.25) is 5.02 Å². The molecule has 0 spiro atoms. The second-order valence-electron chi connectivity index (χ2n) is 5.78. The Bertz CT molecular complexity index is 776. The summed E-state index contributed by atoms with van der Waals surface area (Å²) in [5.41, 5.74) is 1.50. The zero-order chi connectivity index (χ0) is 19.2. The van der Waals surface area contributed by atoms with Gasteiger partial charge in [-0.15, -0.1) is 0 Å². The minimum Gasteiger partial charge on any atom is -0.462 e. The Morgan fingerprint density at radius 2 is 1.81 bits per heavy atom. The Morgan fingerprint density at radius 3 is 2.46 bits per heavy atom. The summed E-state index contributed by atoms with van der Waals surface area (Å²) in [4.78, 5) is 23.9. The molecule has 3 nitrogen and oxygen atoms in total. The molecule has 2 aromatic carbocycles. The molecule has 2 rings (SSSR count). The molecule has 26 heavy (non-hydrogen) atoms. The number of hydrogen-bond donors (Lipinski definition) is 0. The number of benzene rings is 2. The van der Waals surface area contributed by atoms with Crippen LogP contribution in [0.1, 0.15) is 41.3 Å². The lowest BCUT2D eigenvalue weighted by Gasteiger charge is -2.15. The van der Waals surface area contributed by atoms with Crippen LogP contribution in [-0.2, 0) is 16.0 Å². The van der Waals surface area contributed by atoms with Gasteiger partial charge in [0.2, 0.25) is 0 Å². The number of ether oxygens (including phenoxy) is 1. The summed E-state index contributed by atoms with van der Waals surface area (Å²) in [6.45, 7) is 1.37. The van der Waals surface area contributed by atoms with Crippen molar-refractivity contribution in [3.63, 3.8) is 0 Å². The summed E-state index contributed by atoms with van der Waals surface area (Å²) in [6, 6.07) is 13.5. The highest BCUT2D eigenvalue weighted by atomic mass is 35.5. The number of esters is 1. The predicted octanol–water partition coefficient (Wildman–Crippen LogP) is 5.09. The van der Waals surface area contributed by atoms with Crippen molar-refractivity contribution >= 4 is 23.4 Å². The molecule has 0 unspecified atom stereocenters. The number of alkyl halides is 2. The summed E-state index contributed by atoms with van der Waals surface area (Å²) in [6.07, 6.45) is -0.442. The highest BCUT2D eigenvalue weighted by Gasteiger charge is 2.39. The van der Waals surface area contributed by atoms with E-state index in [4.69, 9.17) is 11.6 Å². The quantitative estimate of drug-likeness (QED) is 0.473. The zero-order valence-corrected chi connectivity index (χ0v) is 15.1. The predicted molar refractivity (Wildman–Crippen MR) is 95.8 cm³/mol. The molecule has 0 aliphatic rings. The molecule has 2 aromatic rings. The fourth-order valence-corrected chi connectivity index (χ4v) is 2.77. The fourth-order valence-electron chi connectivity index (χ4n) is 2.58. The highest BCUT2D eigenvalue weighted by Crippen LogP contribution is 2.26. The number of rotatable bonds is 8. The molecule has 0 aliphatic heterocycles. The second kappa shape index (κ2) is 8.90. The smallest absolute Gasteiger partial charge is 0.376 e. The zero-order valence-electron chi connectivity index (χ0n) is 14.3. The molecule has 0 amide bonds. The Labute approximate surface area is 155 Å². The Kier molecular flexibility index (Phi) is 6.86. The topological polar surface area (TPSA) is 43.4 Å². The number of aryl methyl sites for hydroxylation is 1. The first kappa shape index (κ1) is 20.0. The monoisotopic (exact) mass is 380 g/mol. The van der Waals surface area contributed by atoms with Crippen LogP contribution in [0.5, 0.6) is 0 Å². The third kappa shape index (κ3) is 5.11. The van der Waals surface area contributed by atoms with E-state index in [0.717, 1.165) is 0 Å². The number of ketones is 1. The number of halogens is 3. The van der Waals surface area contributed by atoms with Gasteiger partial charge in [-0.25, -0.2) is 4.79 Å². The molecule has 0 aromatic heterocycles. The summed E-state index contributed by atoms with van der Waals surface area (Å²) in [5.74, 6) is -5.26. The van der Waals surface area contributed by atoms with E-state index in [9.17, 15) is 18.4 Å². The van der Waals surface area contributed by atoms with Crippen LogP contribution in [0.4, 0.5) is 8.78 Å². The molecule has 0 aliphatic carbocycles. The van der Waals surface area contributed by atoms with Crippen molar-refractivity contribution in [1.82, 2.24) is 0 Å². The third-order valence-corrected chi connectivity index (χ3v) is 4.09. The molecule has 0 heterocycles. The second-order valence-corrected chi connectivity index (χ2v) is 6.21. The molecule has 6 heteroatoms. The van der Waals surface area contributed by atoms with Gasteiger partial charge in [0.25, 0.3) is 0 Å². The van der Waals surface area contributed by atoms with E-state index in [1.165, 1.54) is 6.92 Å². The van der Waals surface area contributed by atoms with Crippen LogP contribution in [0.25, 0.3) is 0 Å². The normalized spacial score (nSPS) is 11.2. The molecule has 138 valence electrons. The van der Waals surface area contributed by atoms with E-state index >= 15 is 0 Å². The fraction of sp³-hybridized carbons (Fsp3) is 0.300. The van der Waals surface area contributed by atoms with Crippen LogP contribution in [0, 0.1) is 0 Å². The number of carbonyl (C=O) groups is 2. The lowest BCUT2D eigenvalue weighted by Crippen LogP contribution is -2.30. The van der Waals surface area contributed by atoms with Crippen molar-refractivity contribution in [1.29, 1.82) is 0 Å². The van der Waals surface area contributed by atoms with Gasteiger partial charge in [0, 0.05) is 22.6 Å². The van der Waals surface area contributed by atoms with E-state index in [1.807, 2.05) is 0 Å². The van der Waals surface area contributed by atoms with Gasteiger partial charge < -0.3 is 4.74 Å². The maximum Gasteiger partial charge on any atom is 0.376 e. The van der Waals surface area contributed by atoms with Crippen LogP contribution >= 0.6 is 11.6 Å². The van der Waals surface area contributed by atoms with Crippen LogP contribution in [-0.4, -0.2) is 24.3 Å². The SMILES string of the molecule is CCOC(=O)C(F)(F)CCCc1cc(Cl)ccc1C(=O)c1ccccc1. The molecule has 0 N–H and O–H groups in total. The van der Waals surface area contributed by atoms with Crippen LogP contribution in [0.3, 0.4) is 0 Å². The molecule has 0 saturated heterocycles. The van der Waals surface area contributed by atoms with E-state index in [-0.39, 0.29) is 25.2 Å². The summed E-state index contributed by atoms with van der Waals surface area (Å²) < 4.78 is 31.9. The Morgan fingerprint density at radius 1 is 1.12 bits per heavy atom. The van der Waals surface area contributed by atoms with Crippen molar-refractivity contribution in [2.24, 2.45) is 0 Å². The minimum atomic E-state index is -3.54. The molecule has 0 saturated carbocycles. The van der Waals surface area contributed by atoms with Crippen molar-refractivity contribution < 1.29 is 23.1 Å². The first-order valence-corrected chi connectivity index (χ1v) is 8.66. The average molecular weight is 381 g/mol. The van der Waals surface area contributed by atoms with Gasteiger partial charge in [-0.3, -0.25) is 4.79 Å². The van der Waals surface area contributed by atoms with Crippen molar-refractivity contribution in [2.45, 2.75) is 32.1 Å². The molecular weight excluding hydrogens is 362 g/mol. The summed E-state index contributed by atoms with van der Waals surface area (Å²) in [7, 11) is 0. The van der Waals surface area contributed by atoms with Crippen LogP contribution in [0.15, 0.2) is 48.5 Å². The average Bonchev–Trinajstić information content (AvgIpc) is 2.62. The van der Waals surface area contributed by atoms with Gasteiger partial charge in [0.15, 0.2) is 5.78 Å². The number of hydrogen-bond acceptors (Lipinski definition) is 3. The first-order valence-electron chi connectivity index (χ1n) is 8.28. The third-order valence-electron chi connectivity index (χ3n) is 3.86. The van der Waals surface area contributed by atoms with Gasteiger partial charge in [0.05, 0.1) is 6.61 Å². The maximum absolute atomic E-state index is 13.7. The lowest BCUT2D eigenvalue weighted by molar-refractivity contribution is -0.172. The van der Waals surface area contributed by atoms with Gasteiger partial charge in [-0.2, -0.15) is 8.78 Å². The van der Waals surface area contributed by atoms with Gasteiger partial charge in [-0.1, -0.05) is 41.9 Å². The Balaban J connectivity index is 2.13. The van der Waals surface area contributed by atoms with Crippen LogP contribution < -0.4 is 0 Å². The molecule has 0 fully saturated rings.